The van der Waals surface area contributed by atoms with E-state index >= 15 is 0 Å². The first kappa shape index (κ1) is 13.1. The van der Waals surface area contributed by atoms with Gasteiger partial charge in [-0.1, -0.05) is 24.6 Å². The highest BCUT2D eigenvalue weighted by atomic mass is 35.5. The van der Waals surface area contributed by atoms with Gasteiger partial charge < -0.3 is 5.73 Å². The zero-order chi connectivity index (χ0) is 13.3. The van der Waals surface area contributed by atoms with Crippen LogP contribution in [0.2, 0.25) is 5.02 Å². The van der Waals surface area contributed by atoms with Crippen LogP contribution in [0.4, 0.5) is 4.39 Å². The lowest BCUT2D eigenvalue weighted by molar-refractivity contribution is 0.586. The van der Waals surface area contributed by atoms with E-state index in [0.29, 0.717) is 10.6 Å². The molecule has 2 rings (SSSR count). The van der Waals surface area contributed by atoms with Crippen molar-refractivity contribution < 1.29 is 4.39 Å². The molecule has 0 saturated carbocycles. The SMILES string of the molecule is CCc1cc(C(N)c2c(F)cccc2Cl)n(C)n1. The molecular weight excluding hydrogens is 253 g/mol. The van der Waals surface area contributed by atoms with Crippen molar-refractivity contribution in [1.29, 1.82) is 0 Å². The zero-order valence-electron chi connectivity index (χ0n) is 10.3. The molecule has 3 nitrogen and oxygen atoms in total. The van der Waals surface area contributed by atoms with Gasteiger partial charge in [-0.05, 0) is 24.6 Å². The topological polar surface area (TPSA) is 43.8 Å². The molecule has 0 aliphatic heterocycles. The van der Waals surface area contributed by atoms with Crippen LogP contribution in [0.15, 0.2) is 24.3 Å². The Balaban J connectivity index is 2.47. The fraction of sp³-hybridized carbons (Fsp3) is 0.308. The second kappa shape index (κ2) is 5.08. The van der Waals surface area contributed by atoms with Crippen molar-refractivity contribution >= 4 is 11.6 Å². The lowest BCUT2D eigenvalue weighted by Gasteiger charge is -2.14. The summed E-state index contributed by atoms with van der Waals surface area (Å²) in [5.74, 6) is -0.394. The van der Waals surface area contributed by atoms with Crippen LogP contribution in [0.1, 0.15) is 29.9 Å². The van der Waals surface area contributed by atoms with Gasteiger partial charge in [-0.15, -0.1) is 0 Å². The number of hydrogen-bond acceptors (Lipinski definition) is 2. The molecule has 0 bridgehead atoms. The molecule has 2 N–H and O–H groups in total. The molecule has 1 heterocycles. The normalized spacial score (nSPS) is 12.7. The van der Waals surface area contributed by atoms with Gasteiger partial charge in [0.2, 0.25) is 0 Å². The third-order valence-electron chi connectivity index (χ3n) is 2.96. The summed E-state index contributed by atoms with van der Waals surface area (Å²) in [6.45, 7) is 2.01. The third kappa shape index (κ3) is 2.26. The van der Waals surface area contributed by atoms with E-state index in [1.807, 2.05) is 13.0 Å². The number of benzene rings is 1. The van der Waals surface area contributed by atoms with Gasteiger partial charge in [0.25, 0.3) is 0 Å². The first-order chi connectivity index (χ1) is 8.54. The van der Waals surface area contributed by atoms with Gasteiger partial charge in [-0.3, -0.25) is 4.68 Å². The van der Waals surface area contributed by atoms with Crippen molar-refractivity contribution in [2.45, 2.75) is 19.4 Å². The van der Waals surface area contributed by atoms with Crippen molar-refractivity contribution in [3.05, 3.63) is 52.1 Å². The van der Waals surface area contributed by atoms with Crippen LogP contribution in [-0.4, -0.2) is 9.78 Å². The molecule has 0 aliphatic carbocycles. The van der Waals surface area contributed by atoms with Gasteiger partial charge >= 0.3 is 0 Å². The number of nitrogens with two attached hydrogens (primary N) is 1. The van der Waals surface area contributed by atoms with Crippen molar-refractivity contribution in [2.24, 2.45) is 12.8 Å². The molecule has 1 unspecified atom stereocenters. The summed E-state index contributed by atoms with van der Waals surface area (Å²) in [6, 6.07) is 5.83. The number of aryl methyl sites for hydroxylation is 2. The minimum Gasteiger partial charge on any atom is -0.319 e. The molecule has 1 aromatic heterocycles. The van der Waals surface area contributed by atoms with Crippen LogP contribution in [0.3, 0.4) is 0 Å². The number of rotatable bonds is 3. The highest BCUT2D eigenvalue weighted by molar-refractivity contribution is 6.31. The van der Waals surface area contributed by atoms with E-state index in [1.165, 1.54) is 6.07 Å². The zero-order valence-corrected chi connectivity index (χ0v) is 11.1. The highest BCUT2D eigenvalue weighted by Gasteiger charge is 2.20. The summed E-state index contributed by atoms with van der Waals surface area (Å²) in [5.41, 5.74) is 8.09. The van der Waals surface area contributed by atoms with Crippen LogP contribution in [0.5, 0.6) is 0 Å². The maximum atomic E-state index is 13.8. The Kier molecular flexibility index (Phi) is 3.68. The maximum Gasteiger partial charge on any atom is 0.129 e. The molecule has 0 fully saturated rings. The van der Waals surface area contributed by atoms with E-state index in [0.717, 1.165) is 17.8 Å². The third-order valence-corrected chi connectivity index (χ3v) is 3.29. The van der Waals surface area contributed by atoms with Crippen LogP contribution in [0, 0.1) is 5.82 Å². The summed E-state index contributed by atoms with van der Waals surface area (Å²) in [4.78, 5) is 0. The first-order valence-electron chi connectivity index (χ1n) is 5.77. The summed E-state index contributed by atoms with van der Waals surface area (Å²) in [6.07, 6.45) is 0.811. The molecule has 96 valence electrons. The molecule has 0 spiro atoms. The van der Waals surface area contributed by atoms with Crippen LogP contribution < -0.4 is 5.73 Å². The standard InChI is InChI=1S/C13H15ClFN3/c1-3-8-7-11(18(2)17-8)13(16)12-9(14)5-4-6-10(12)15/h4-7,13H,3,16H2,1-2H3. The fourth-order valence-corrected chi connectivity index (χ4v) is 2.24. The van der Waals surface area contributed by atoms with Crippen molar-refractivity contribution in [2.75, 3.05) is 0 Å². The smallest absolute Gasteiger partial charge is 0.129 e. The first-order valence-corrected chi connectivity index (χ1v) is 6.14. The second-order valence-electron chi connectivity index (χ2n) is 4.15. The summed E-state index contributed by atoms with van der Waals surface area (Å²) < 4.78 is 15.5. The summed E-state index contributed by atoms with van der Waals surface area (Å²) in [7, 11) is 1.79. The minimum atomic E-state index is -0.614. The van der Waals surface area contributed by atoms with E-state index in [-0.39, 0.29) is 0 Å². The Morgan fingerprint density at radius 2 is 2.22 bits per heavy atom. The largest absolute Gasteiger partial charge is 0.319 e. The second-order valence-corrected chi connectivity index (χ2v) is 4.56. The lowest BCUT2D eigenvalue weighted by atomic mass is 10.0. The van der Waals surface area contributed by atoms with Gasteiger partial charge in [0.1, 0.15) is 5.82 Å². The van der Waals surface area contributed by atoms with Gasteiger partial charge in [0.15, 0.2) is 0 Å². The number of aromatic nitrogens is 2. The van der Waals surface area contributed by atoms with E-state index < -0.39 is 11.9 Å². The molecule has 5 heteroatoms. The average molecular weight is 268 g/mol. The summed E-state index contributed by atoms with van der Waals surface area (Å²) >= 11 is 6.02. The highest BCUT2D eigenvalue weighted by Crippen LogP contribution is 2.29. The van der Waals surface area contributed by atoms with E-state index in [4.69, 9.17) is 17.3 Å². The lowest BCUT2D eigenvalue weighted by Crippen LogP contribution is -2.17. The Bertz CT molecular complexity index is 545. The van der Waals surface area contributed by atoms with E-state index in [1.54, 1.807) is 23.9 Å². The molecular formula is C13H15ClFN3. The molecule has 1 atom stereocenters. The van der Waals surface area contributed by atoms with Crippen LogP contribution in [-0.2, 0) is 13.5 Å². The number of nitrogens with zero attached hydrogens (tertiary/aromatic N) is 2. The van der Waals surface area contributed by atoms with Crippen molar-refractivity contribution in [3.63, 3.8) is 0 Å². The molecule has 2 aromatic rings. The predicted molar refractivity (Wildman–Crippen MR) is 70.0 cm³/mol. The van der Waals surface area contributed by atoms with Crippen molar-refractivity contribution in [1.82, 2.24) is 9.78 Å². The number of halogens is 2. The summed E-state index contributed by atoms with van der Waals surface area (Å²) in [5, 5.41) is 4.64. The Labute approximate surface area is 110 Å². The monoisotopic (exact) mass is 267 g/mol. The maximum absolute atomic E-state index is 13.8. The van der Waals surface area contributed by atoms with Crippen LogP contribution >= 0.6 is 11.6 Å². The minimum absolute atomic E-state index is 0.310. The molecule has 1 aromatic carbocycles. The Morgan fingerprint density at radius 1 is 1.50 bits per heavy atom. The van der Waals surface area contributed by atoms with Gasteiger partial charge in [-0.25, -0.2) is 4.39 Å². The fourth-order valence-electron chi connectivity index (χ4n) is 1.96. The van der Waals surface area contributed by atoms with Crippen LogP contribution in [0.25, 0.3) is 0 Å². The predicted octanol–water partition coefficient (Wildman–Crippen LogP) is 2.82. The number of hydrogen-bond donors (Lipinski definition) is 1. The molecule has 0 amide bonds. The molecule has 0 aliphatic rings. The van der Waals surface area contributed by atoms with Gasteiger partial charge in [0, 0.05) is 17.6 Å². The quantitative estimate of drug-likeness (QED) is 0.929. The molecule has 0 saturated heterocycles. The molecule has 0 radical (unpaired) electrons. The van der Waals surface area contributed by atoms with E-state index in [9.17, 15) is 4.39 Å². The average Bonchev–Trinajstić information content (AvgIpc) is 2.70. The Hall–Kier alpha value is -1.39. The molecule has 18 heavy (non-hydrogen) atoms. The van der Waals surface area contributed by atoms with Crippen molar-refractivity contribution in [3.8, 4) is 0 Å². The van der Waals surface area contributed by atoms with E-state index in [2.05, 4.69) is 5.10 Å². The van der Waals surface area contributed by atoms with Gasteiger partial charge in [0.05, 0.1) is 17.4 Å². The van der Waals surface area contributed by atoms with Gasteiger partial charge in [-0.2, -0.15) is 5.10 Å². The Morgan fingerprint density at radius 3 is 2.78 bits per heavy atom.